The van der Waals surface area contributed by atoms with Crippen LogP contribution < -0.4 is 10.6 Å². The van der Waals surface area contributed by atoms with Crippen LogP contribution in [0, 0.1) is 5.82 Å². The highest BCUT2D eigenvalue weighted by Gasteiger charge is 2.10. The average Bonchev–Trinajstić information content (AvgIpc) is 2.64. The first-order valence-corrected chi connectivity index (χ1v) is 8.47. The Morgan fingerprint density at radius 1 is 1.04 bits per heavy atom. The monoisotopic (exact) mass is 389 g/mol. The summed E-state index contributed by atoms with van der Waals surface area (Å²) >= 11 is 11.9. The molecule has 0 bridgehead atoms. The molecule has 0 fully saturated rings. The molecule has 0 radical (unpaired) electrons. The molecule has 1 aromatic heterocycles. The number of hydrogen-bond acceptors (Lipinski definition) is 3. The molecule has 2 N–H and O–H groups in total. The highest BCUT2D eigenvalue weighted by atomic mass is 35.5. The molecule has 0 atom stereocenters. The van der Waals surface area contributed by atoms with Crippen molar-refractivity contribution in [1.82, 2.24) is 4.98 Å². The third-order valence-electron chi connectivity index (χ3n) is 3.59. The van der Waals surface area contributed by atoms with Gasteiger partial charge in [0.1, 0.15) is 11.6 Å². The van der Waals surface area contributed by atoms with Gasteiger partial charge in [0.25, 0.3) is 5.91 Å². The van der Waals surface area contributed by atoms with Crippen LogP contribution in [0.5, 0.6) is 0 Å². The minimum absolute atomic E-state index is 0.286. The summed E-state index contributed by atoms with van der Waals surface area (Å²) in [6.07, 6.45) is 1.53. The number of halogens is 3. The molecule has 0 spiro atoms. The lowest BCUT2D eigenvalue weighted by molar-refractivity contribution is 0.102. The summed E-state index contributed by atoms with van der Waals surface area (Å²) in [5.74, 6) is -0.0722. The van der Waals surface area contributed by atoms with Gasteiger partial charge < -0.3 is 10.6 Å². The zero-order valence-electron chi connectivity index (χ0n) is 13.5. The Balaban J connectivity index is 1.67. The molecule has 4 nitrogen and oxygen atoms in total. The number of carbonyl (C=O) groups is 1. The third-order valence-corrected chi connectivity index (χ3v) is 4.14. The second-order valence-corrected chi connectivity index (χ2v) is 6.33. The van der Waals surface area contributed by atoms with Gasteiger partial charge in [-0.25, -0.2) is 9.37 Å². The number of carbonyl (C=O) groups excluding carboxylic acids is 1. The number of pyridine rings is 1. The topological polar surface area (TPSA) is 54.0 Å². The Morgan fingerprint density at radius 3 is 2.54 bits per heavy atom. The maximum absolute atomic E-state index is 12.9. The van der Waals surface area contributed by atoms with Crippen LogP contribution in [0.1, 0.15) is 15.9 Å². The zero-order chi connectivity index (χ0) is 18.5. The van der Waals surface area contributed by atoms with Crippen molar-refractivity contribution in [2.75, 3.05) is 10.6 Å². The van der Waals surface area contributed by atoms with Crippen LogP contribution in [0.2, 0.25) is 10.0 Å². The molecule has 26 heavy (non-hydrogen) atoms. The maximum atomic E-state index is 12.9. The quantitative estimate of drug-likeness (QED) is 0.614. The summed E-state index contributed by atoms with van der Waals surface area (Å²) in [5.41, 5.74) is 1.79. The van der Waals surface area contributed by atoms with Gasteiger partial charge in [0.2, 0.25) is 0 Å². The molecule has 132 valence electrons. The molecule has 0 saturated carbocycles. The summed E-state index contributed by atoms with van der Waals surface area (Å²) < 4.78 is 12.9. The van der Waals surface area contributed by atoms with E-state index in [1.165, 1.54) is 18.3 Å². The first kappa shape index (κ1) is 18.2. The highest BCUT2D eigenvalue weighted by Crippen LogP contribution is 2.26. The van der Waals surface area contributed by atoms with Gasteiger partial charge in [0.05, 0.1) is 10.7 Å². The van der Waals surface area contributed by atoms with E-state index < -0.39 is 0 Å². The van der Waals surface area contributed by atoms with Gasteiger partial charge >= 0.3 is 0 Å². The largest absolute Gasteiger partial charge is 0.366 e. The second-order valence-electron chi connectivity index (χ2n) is 5.49. The molecular formula is C19H14Cl2FN3O. The number of hydrogen-bond donors (Lipinski definition) is 2. The molecular weight excluding hydrogens is 376 g/mol. The van der Waals surface area contributed by atoms with Crippen LogP contribution in [0.25, 0.3) is 0 Å². The number of amides is 1. The number of benzene rings is 2. The molecule has 2 aromatic carbocycles. The molecule has 0 aliphatic carbocycles. The van der Waals surface area contributed by atoms with Crippen molar-refractivity contribution < 1.29 is 9.18 Å². The fourth-order valence-electron chi connectivity index (χ4n) is 2.25. The van der Waals surface area contributed by atoms with Crippen LogP contribution in [-0.2, 0) is 6.54 Å². The van der Waals surface area contributed by atoms with Crippen LogP contribution in [-0.4, -0.2) is 10.9 Å². The maximum Gasteiger partial charge on any atom is 0.255 e. The van der Waals surface area contributed by atoms with E-state index in [0.717, 1.165) is 5.56 Å². The number of anilines is 2. The summed E-state index contributed by atoms with van der Waals surface area (Å²) in [6.45, 7) is 0.460. The Kier molecular flexibility index (Phi) is 5.71. The van der Waals surface area contributed by atoms with Crippen LogP contribution in [0.15, 0.2) is 60.8 Å². The molecule has 1 heterocycles. The van der Waals surface area contributed by atoms with Crippen molar-refractivity contribution in [2.45, 2.75) is 6.54 Å². The van der Waals surface area contributed by atoms with Crippen molar-refractivity contribution >= 4 is 40.6 Å². The third kappa shape index (κ3) is 4.71. The van der Waals surface area contributed by atoms with Crippen molar-refractivity contribution in [2.24, 2.45) is 0 Å². The molecule has 0 saturated heterocycles. The first-order valence-electron chi connectivity index (χ1n) is 7.72. The summed E-state index contributed by atoms with van der Waals surface area (Å²) in [4.78, 5) is 16.6. The van der Waals surface area contributed by atoms with E-state index in [4.69, 9.17) is 23.2 Å². The molecule has 0 unspecified atom stereocenters. The number of nitrogens with one attached hydrogen (secondary N) is 2. The lowest BCUT2D eigenvalue weighted by Crippen LogP contribution is -2.13. The highest BCUT2D eigenvalue weighted by molar-refractivity contribution is 6.36. The van der Waals surface area contributed by atoms with E-state index in [2.05, 4.69) is 15.6 Å². The molecule has 7 heteroatoms. The van der Waals surface area contributed by atoms with Crippen molar-refractivity contribution in [3.05, 3.63) is 87.8 Å². The Morgan fingerprint density at radius 2 is 1.81 bits per heavy atom. The first-order chi connectivity index (χ1) is 12.5. The number of rotatable bonds is 5. The van der Waals surface area contributed by atoms with Crippen LogP contribution >= 0.6 is 23.2 Å². The smallest absolute Gasteiger partial charge is 0.255 e. The van der Waals surface area contributed by atoms with Crippen LogP contribution in [0.4, 0.5) is 15.9 Å². The van der Waals surface area contributed by atoms with Gasteiger partial charge in [0.15, 0.2) is 0 Å². The van der Waals surface area contributed by atoms with E-state index in [-0.39, 0.29) is 11.7 Å². The van der Waals surface area contributed by atoms with Gasteiger partial charge in [-0.05, 0) is 48.0 Å². The number of aromatic nitrogens is 1. The number of nitrogens with zero attached hydrogens (tertiary/aromatic N) is 1. The minimum Gasteiger partial charge on any atom is -0.366 e. The van der Waals surface area contributed by atoms with Crippen molar-refractivity contribution in [1.29, 1.82) is 0 Å². The zero-order valence-corrected chi connectivity index (χ0v) is 15.0. The fraction of sp³-hybridized carbons (Fsp3) is 0.0526. The molecule has 1 amide bonds. The summed E-state index contributed by atoms with van der Waals surface area (Å²) in [7, 11) is 0. The van der Waals surface area contributed by atoms with Gasteiger partial charge in [-0.3, -0.25) is 4.79 Å². The standard InChI is InChI=1S/C19H14Cl2FN3O/c20-14-3-6-17(16(21)10-14)25-19(26)13-7-8-23-18(9-13)24-11-12-1-4-15(22)5-2-12/h1-10H,11H2,(H,23,24)(H,25,26). The minimum atomic E-state index is -0.318. The van der Waals surface area contributed by atoms with E-state index in [1.807, 2.05) is 0 Å². The predicted octanol–water partition coefficient (Wildman–Crippen LogP) is 5.39. The van der Waals surface area contributed by atoms with Gasteiger partial charge in [0, 0.05) is 23.3 Å². The van der Waals surface area contributed by atoms with Crippen molar-refractivity contribution in [3.63, 3.8) is 0 Å². The predicted molar refractivity (Wildman–Crippen MR) is 102 cm³/mol. The van der Waals surface area contributed by atoms with Gasteiger partial charge in [-0.1, -0.05) is 35.3 Å². The van der Waals surface area contributed by atoms with E-state index in [9.17, 15) is 9.18 Å². The SMILES string of the molecule is O=C(Nc1ccc(Cl)cc1Cl)c1ccnc(NCc2ccc(F)cc2)c1. The normalized spacial score (nSPS) is 10.4. The Bertz CT molecular complexity index is 932. The van der Waals surface area contributed by atoms with E-state index in [0.29, 0.717) is 33.7 Å². The summed E-state index contributed by atoms with van der Waals surface area (Å²) in [6, 6.07) is 14.2. The molecule has 0 aliphatic rings. The van der Waals surface area contributed by atoms with Crippen molar-refractivity contribution in [3.8, 4) is 0 Å². The molecule has 3 rings (SSSR count). The lowest BCUT2D eigenvalue weighted by atomic mass is 10.2. The van der Waals surface area contributed by atoms with Gasteiger partial charge in [-0.15, -0.1) is 0 Å². The fourth-order valence-corrected chi connectivity index (χ4v) is 2.70. The van der Waals surface area contributed by atoms with Crippen LogP contribution in [0.3, 0.4) is 0 Å². The summed E-state index contributed by atoms with van der Waals surface area (Å²) in [5, 5.41) is 6.68. The Labute approximate surface area is 160 Å². The molecule has 0 aliphatic heterocycles. The van der Waals surface area contributed by atoms with Gasteiger partial charge in [-0.2, -0.15) is 0 Å². The lowest BCUT2D eigenvalue weighted by Gasteiger charge is -2.09. The Hall–Kier alpha value is -2.63. The molecule has 3 aromatic rings. The second kappa shape index (κ2) is 8.17. The average molecular weight is 390 g/mol. The van der Waals surface area contributed by atoms with E-state index in [1.54, 1.807) is 42.5 Å². The van der Waals surface area contributed by atoms with E-state index >= 15 is 0 Å².